The predicted octanol–water partition coefficient (Wildman–Crippen LogP) is 15.7. The molecular formula is C55H33ClN4S. The Hall–Kier alpha value is -7.44. The number of thiophene rings is 1. The van der Waals surface area contributed by atoms with E-state index in [2.05, 4.69) is 179 Å². The summed E-state index contributed by atoms with van der Waals surface area (Å²) in [7, 11) is 0. The first-order chi connectivity index (χ1) is 30.1. The molecule has 0 saturated heterocycles. The van der Waals surface area contributed by atoms with Crippen LogP contribution in [0, 0.1) is 0 Å². The van der Waals surface area contributed by atoms with Gasteiger partial charge in [0.25, 0.3) is 0 Å². The third kappa shape index (κ3) is 6.09. The highest BCUT2D eigenvalue weighted by Gasteiger charge is 2.18. The number of nitrogens with zero attached hydrogens (tertiary/aromatic N) is 3. The van der Waals surface area contributed by atoms with Crippen molar-refractivity contribution in [1.82, 2.24) is 19.9 Å². The van der Waals surface area contributed by atoms with Gasteiger partial charge in [-0.05, 0) is 79.5 Å². The fourth-order valence-electron chi connectivity index (χ4n) is 8.95. The zero-order chi connectivity index (χ0) is 40.4. The van der Waals surface area contributed by atoms with E-state index in [-0.39, 0.29) is 5.28 Å². The molecule has 12 rings (SSSR count). The minimum absolute atomic E-state index is 0.162. The van der Waals surface area contributed by atoms with Gasteiger partial charge in [0.2, 0.25) is 5.28 Å². The van der Waals surface area contributed by atoms with Crippen molar-refractivity contribution in [1.29, 1.82) is 0 Å². The number of benzene rings is 9. The van der Waals surface area contributed by atoms with Crippen molar-refractivity contribution in [3.63, 3.8) is 0 Å². The average Bonchev–Trinajstić information content (AvgIpc) is 3.91. The number of fused-ring (bicyclic) bond motifs is 8. The Kier molecular flexibility index (Phi) is 8.37. The van der Waals surface area contributed by atoms with Crippen LogP contribution in [-0.4, -0.2) is 19.9 Å². The molecule has 0 radical (unpaired) electrons. The van der Waals surface area contributed by atoms with Crippen LogP contribution in [0.15, 0.2) is 194 Å². The van der Waals surface area contributed by atoms with Gasteiger partial charge < -0.3 is 4.98 Å². The van der Waals surface area contributed by atoms with E-state index < -0.39 is 0 Å². The lowest BCUT2D eigenvalue weighted by Crippen LogP contribution is -1.97. The van der Waals surface area contributed by atoms with Gasteiger partial charge in [0, 0.05) is 53.2 Å². The minimum Gasteiger partial charge on any atom is -0.354 e. The second-order valence-electron chi connectivity index (χ2n) is 15.4. The maximum absolute atomic E-state index is 6.48. The molecule has 0 aliphatic heterocycles. The highest BCUT2D eigenvalue weighted by atomic mass is 35.5. The summed E-state index contributed by atoms with van der Waals surface area (Å²) in [5.74, 6) is 1.07. The molecule has 0 bridgehead atoms. The van der Waals surface area contributed by atoms with Crippen molar-refractivity contribution in [3.8, 4) is 67.3 Å². The van der Waals surface area contributed by atoms with Crippen LogP contribution < -0.4 is 0 Å². The summed E-state index contributed by atoms with van der Waals surface area (Å²) in [6, 6.07) is 69.0. The van der Waals surface area contributed by atoms with Gasteiger partial charge in [-0.3, -0.25) is 0 Å². The van der Waals surface area contributed by atoms with Crippen LogP contribution in [0.1, 0.15) is 0 Å². The first kappa shape index (κ1) is 35.5. The van der Waals surface area contributed by atoms with E-state index in [1.807, 2.05) is 41.7 Å². The Morgan fingerprint density at radius 3 is 1.75 bits per heavy atom. The molecule has 12 aromatic rings. The number of H-pyrrole nitrogens is 1. The fourth-order valence-corrected chi connectivity index (χ4v) is 10.4. The summed E-state index contributed by atoms with van der Waals surface area (Å²) in [4.78, 5) is 17.6. The molecule has 0 aliphatic carbocycles. The maximum atomic E-state index is 6.48. The molecule has 286 valence electrons. The monoisotopic (exact) mass is 816 g/mol. The van der Waals surface area contributed by atoms with E-state index in [4.69, 9.17) is 16.6 Å². The average molecular weight is 817 g/mol. The molecule has 1 N–H and O–H groups in total. The molecule has 6 heteroatoms. The van der Waals surface area contributed by atoms with Crippen molar-refractivity contribution < 1.29 is 0 Å². The van der Waals surface area contributed by atoms with E-state index in [9.17, 15) is 0 Å². The summed E-state index contributed by atoms with van der Waals surface area (Å²) in [5.41, 5.74) is 13.5. The van der Waals surface area contributed by atoms with Gasteiger partial charge in [-0.25, -0.2) is 4.98 Å². The second-order valence-corrected chi connectivity index (χ2v) is 16.8. The molecule has 4 nitrogen and oxygen atoms in total. The number of aromatic nitrogens is 4. The van der Waals surface area contributed by atoms with E-state index in [0.29, 0.717) is 11.6 Å². The van der Waals surface area contributed by atoms with Gasteiger partial charge >= 0.3 is 0 Å². The maximum Gasteiger partial charge on any atom is 0.226 e. The van der Waals surface area contributed by atoms with Gasteiger partial charge in [0.1, 0.15) is 0 Å². The zero-order valence-corrected chi connectivity index (χ0v) is 34.2. The highest BCUT2D eigenvalue weighted by Crippen LogP contribution is 2.46. The molecule has 0 fully saturated rings. The van der Waals surface area contributed by atoms with Crippen LogP contribution in [0.4, 0.5) is 0 Å². The Bertz CT molecular complexity index is 3650. The van der Waals surface area contributed by atoms with Gasteiger partial charge in [-0.2, -0.15) is 9.97 Å². The Morgan fingerprint density at radius 2 is 0.967 bits per heavy atom. The summed E-state index contributed by atoms with van der Waals surface area (Å²) < 4.78 is 2.56. The van der Waals surface area contributed by atoms with E-state index >= 15 is 0 Å². The topological polar surface area (TPSA) is 54.5 Å². The largest absolute Gasteiger partial charge is 0.354 e. The number of hydrogen-bond acceptors (Lipinski definition) is 4. The number of para-hydroxylation sites is 1. The Balaban J connectivity index is 0.886. The molecule has 0 spiro atoms. The molecule has 0 saturated carbocycles. The number of hydrogen-bond donors (Lipinski definition) is 1. The molecule has 3 heterocycles. The molecule has 3 aromatic heterocycles. The van der Waals surface area contributed by atoms with Crippen molar-refractivity contribution in [2.45, 2.75) is 0 Å². The normalized spacial score (nSPS) is 11.7. The number of halogens is 1. The first-order valence-electron chi connectivity index (χ1n) is 20.3. The second kappa shape index (κ2) is 14.4. The standard InChI is InChI=1S/C55H33ClN4S/c56-55-59-53(37-26-22-34(23-27-37)33-10-2-1-3-11-33)58-54(60-55)38-28-24-35(25-29-38)39-13-6-14-40(32-39)42-16-7-20-46-50-43(17-9-21-48(50)61-52(42)46)44-18-8-19-45-49-41-15-5-4-12-36(41)30-31-47(49)57-51(44)45/h1-32,57H. The summed E-state index contributed by atoms with van der Waals surface area (Å²) in [6.45, 7) is 0. The van der Waals surface area contributed by atoms with Crippen LogP contribution >= 0.6 is 22.9 Å². The minimum atomic E-state index is 0.162. The van der Waals surface area contributed by atoms with Crippen LogP contribution in [-0.2, 0) is 0 Å². The smallest absolute Gasteiger partial charge is 0.226 e. The van der Waals surface area contributed by atoms with E-state index in [1.165, 1.54) is 69.5 Å². The lowest BCUT2D eigenvalue weighted by molar-refractivity contribution is 1.07. The molecule has 0 amide bonds. The predicted molar refractivity (Wildman–Crippen MR) is 257 cm³/mol. The van der Waals surface area contributed by atoms with Crippen LogP contribution in [0.25, 0.3) is 120 Å². The SMILES string of the molecule is Clc1nc(-c2ccc(-c3ccccc3)cc2)nc(-c2ccc(-c3cccc(-c4cccc5c4sc4cccc(-c6cccc7c6[nH]c6ccc8ccccc8c67)c45)c3)cc2)n1. The molecule has 0 atom stereocenters. The highest BCUT2D eigenvalue weighted by molar-refractivity contribution is 7.26. The van der Waals surface area contributed by atoms with Gasteiger partial charge in [0.05, 0.1) is 5.52 Å². The lowest BCUT2D eigenvalue weighted by Gasteiger charge is -2.09. The van der Waals surface area contributed by atoms with Crippen LogP contribution in [0.5, 0.6) is 0 Å². The van der Waals surface area contributed by atoms with Crippen molar-refractivity contribution in [2.75, 3.05) is 0 Å². The number of aromatic amines is 1. The molecule has 0 unspecified atom stereocenters. The fraction of sp³-hybridized carbons (Fsp3) is 0. The lowest BCUT2D eigenvalue weighted by atomic mass is 9.94. The third-order valence-electron chi connectivity index (χ3n) is 11.8. The zero-order valence-electron chi connectivity index (χ0n) is 32.6. The van der Waals surface area contributed by atoms with E-state index in [1.54, 1.807) is 0 Å². The number of nitrogens with one attached hydrogen (secondary N) is 1. The van der Waals surface area contributed by atoms with E-state index in [0.717, 1.165) is 38.9 Å². The van der Waals surface area contributed by atoms with Crippen LogP contribution in [0.2, 0.25) is 5.28 Å². The van der Waals surface area contributed by atoms with Crippen LogP contribution in [0.3, 0.4) is 0 Å². The molecule has 0 aliphatic rings. The summed E-state index contributed by atoms with van der Waals surface area (Å²) >= 11 is 8.35. The van der Waals surface area contributed by atoms with Gasteiger partial charge in [0.15, 0.2) is 11.6 Å². The Labute approximate surface area is 360 Å². The summed E-state index contributed by atoms with van der Waals surface area (Å²) in [5, 5.41) is 7.77. The first-order valence-corrected chi connectivity index (χ1v) is 21.5. The van der Waals surface area contributed by atoms with Crippen molar-refractivity contribution >= 4 is 75.7 Å². The molecule has 9 aromatic carbocycles. The number of rotatable bonds is 6. The third-order valence-corrected chi connectivity index (χ3v) is 13.2. The quantitative estimate of drug-likeness (QED) is 0.182. The van der Waals surface area contributed by atoms with Crippen molar-refractivity contribution in [2.24, 2.45) is 0 Å². The van der Waals surface area contributed by atoms with Gasteiger partial charge in [-0.15, -0.1) is 11.3 Å². The van der Waals surface area contributed by atoms with Gasteiger partial charge in [-0.1, -0.05) is 176 Å². The molecule has 61 heavy (non-hydrogen) atoms. The summed E-state index contributed by atoms with van der Waals surface area (Å²) in [6.07, 6.45) is 0. The Morgan fingerprint density at radius 1 is 0.393 bits per heavy atom. The van der Waals surface area contributed by atoms with Crippen molar-refractivity contribution in [3.05, 3.63) is 199 Å². The molecular weight excluding hydrogens is 784 g/mol.